The molecule has 32 heavy (non-hydrogen) atoms. The number of oxime groups is 1. The van der Waals surface area contributed by atoms with Crippen LogP contribution in [0.1, 0.15) is 27.9 Å². The third-order valence-electron chi connectivity index (χ3n) is 5.03. The molecule has 1 aliphatic heterocycles. The molecule has 164 valence electrons. The third-order valence-corrected chi connectivity index (χ3v) is 5.77. The van der Waals surface area contributed by atoms with Gasteiger partial charge in [-0.15, -0.1) is 0 Å². The van der Waals surface area contributed by atoms with Crippen LogP contribution < -0.4 is 0 Å². The summed E-state index contributed by atoms with van der Waals surface area (Å²) in [4.78, 5) is 20.2. The van der Waals surface area contributed by atoms with E-state index in [9.17, 15) is 13.6 Å². The Morgan fingerprint density at radius 1 is 1.00 bits per heavy atom. The normalized spacial score (nSPS) is 15.2. The zero-order valence-electron chi connectivity index (χ0n) is 16.8. The van der Waals surface area contributed by atoms with Gasteiger partial charge in [0.05, 0.1) is 22.3 Å². The Kier molecular flexibility index (Phi) is 6.72. The summed E-state index contributed by atoms with van der Waals surface area (Å²) in [6.07, 6.45) is 0.0131. The molecule has 0 spiro atoms. The Morgan fingerprint density at radius 2 is 1.75 bits per heavy atom. The smallest absolute Gasteiger partial charge is 0.254 e. The summed E-state index contributed by atoms with van der Waals surface area (Å²) in [6.45, 7) is 0.315. The summed E-state index contributed by atoms with van der Waals surface area (Å²) in [7, 11) is 0. The van der Waals surface area contributed by atoms with Crippen molar-refractivity contribution in [2.24, 2.45) is 5.16 Å². The number of benzene rings is 3. The molecular weight excluding hydrogens is 457 g/mol. The van der Waals surface area contributed by atoms with Crippen molar-refractivity contribution in [2.45, 2.75) is 19.1 Å². The maximum atomic E-state index is 13.7. The largest absolute Gasteiger partial charge is 0.390 e. The number of carbonyl (C=O) groups is 1. The molecule has 0 aliphatic carbocycles. The highest BCUT2D eigenvalue weighted by Crippen LogP contribution is 2.26. The number of amides is 1. The molecule has 1 atom stereocenters. The van der Waals surface area contributed by atoms with Crippen molar-refractivity contribution in [1.82, 2.24) is 4.90 Å². The van der Waals surface area contributed by atoms with Crippen molar-refractivity contribution in [3.63, 3.8) is 0 Å². The van der Waals surface area contributed by atoms with Crippen LogP contribution in [0.25, 0.3) is 0 Å². The Bertz CT molecular complexity index is 1190. The van der Waals surface area contributed by atoms with Gasteiger partial charge in [0.2, 0.25) is 0 Å². The predicted octanol–water partition coefficient (Wildman–Crippen LogP) is 6.11. The van der Waals surface area contributed by atoms with Crippen LogP contribution in [0.4, 0.5) is 8.78 Å². The summed E-state index contributed by atoms with van der Waals surface area (Å²) in [5.74, 6) is -1.30. The standard InChI is InChI=1S/C24H18Cl2F2N2O2/c25-21-8-7-16(11-22(21)26)23-12-20(32-29-23)14-30(13-15-3-1-5-18(27)9-15)24(31)17-4-2-6-19(28)10-17/h1-11,20H,12-14H2/t20-/m0/s1. The lowest BCUT2D eigenvalue weighted by Crippen LogP contribution is -2.37. The van der Waals surface area contributed by atoms with Gasteiger partial charge in [-0.2, -0.15) is 0 Å². The van der Waals surface area contributed by atoms with Crippen LogP contribution in [0.3, 0.4) is 0 Å². The van der Waals surface area contributed by atoms with Gasteiger partial charge in [-0.3, -0.25) is 4.79 Å². The third kappa shape index (κ3) is 5.26. The minimum Gasteiger partial charge on any atom is -0.390 e. The first-order valence-electron chi connectivity index (χ1n) is 9.86. The number of hydrogen-bond donors (Lipinski definition) is 0. The molecule has 0 saturated heterocycles. The first kappa shape index (κ1) is 22.2. The molecule has 0 fully saturated rings. The fraction of sp³-hybridized carbons (Fsp3) is 0.167. The van der Waals surface area contributed by atoms with Gasteiger partial charge in [0.15, 0.2) is 6.10 Å². The van der Waals surface area contributed by atoms with Crippen molar-refractivity contribution >= 4 is 34.8 Å². The number of halogens is 4. The molecule has 4 rings (SSSR count). The predicted molar refractivity (Wildman–Crippen MR) is 120 cm³/mol. The zero-order valence-corrected chi connectivity index (χ0v) is 18.3. The van der Waals surface area contributed by atoms with Crippen molar-refractivity contribution in [3.8, 4) is 0 Å². The molecule has 8 heteroatoms. The van der Waals surface area contributed by atoms with E-state index in [4.69, 9.17) is 28.0 Å². The van der Waals surface area contributed by atoms with E-state index in [1.165, 1.54) is 41.3 Å². The maximum Gasteiger partial charge on any atom is 0.254 e. The average Bonchev–Trinajstić information content (AvgIpc) is 3.23. The van der Waals surface area contributed by atoms with Gasteiger partial charge in [-0.05, 0) is 48.0 Å². The molecule has 0 aromatic heterocycles. The molecule has 0 radical (unpaired) electrons. The Balaban J connectivity index is 1.52. The topological polar surface area (TPSA) is 41.9 Å². The van der Waals surface area contributed by atoms with E-state index in [0.717, 1.165) is 5.56 Å². The van der Waals surface area contributed by atoms with Gasteiger partial charge in [0.1, 0.15) is 11.6 Å². The van der Waals surface area contributed by atoms with Crippen LogP contribution in [-0.2, 0) is 11.4 Å². The highest BCUT2D eigenvalue weighted by molar-refractivity contribution is 6.42. The Hall–Kier alpha value is -2.96. The minimum atomic E-state index is -0.510. The molecule has 0 unspecified atom stereocenters. The first-order valence-corrected chi connectivity index (χ1v) is 10.6. The van der Waals surface area contributed by atoms with Crippen molar-refractivity contribution in [2.75, 3.05) is 6.54 Å². The molecule has 3 aromatic carbocycles. The van der Waals surface area contributed by atoms with Crippen molar-refractivity contribution < 1.29 is 18.4 Å². The van der Waals surface area contributed by atoms with Crippen LogP contribution in [-0.4, -0.2) is 29.2 Å². The highest BCUT2D eigenvalue weighted by atomic mass is 35.5. The molecule has 4 nitrogen and oxygen atoms in total. The van der Waals surface area contributed by atoms with E-state index >= 15 is 0 Å². The monoisotopic (exact) mass is 474 g/mol. The molecule has 1 amide bonds. The van der Waals surface area contributed by atoms with Crippen LogP contribution >= 0.6 is 23.2 Å². The van der Waals surface area contributed by atoms with Gasteiger partial charge in [0.25, 0.3) is 5.91 Å². The lowest BCUT2D eigenvalue weighted by molar-refractivity contribution is 0.0404. The second kappa shape index (κ2) is 9.67. The second-order valence-corrected chi connectivity index (χ2v) is 8.24. The Morgan fingerprint density at radius 3 is 2.47 bits per heavy atom. The fourth-order valence-electron chi connectivity index (χ4n) is 3.50. The molecular formula is C24H18Cl2F2N2O2. The summed E-state index contributed by atoms with van der Waals surface area (Å²) in [5, 5.41) is 4.98. The van der Waals surface area contributed by atoms with Crippen molar-refractivity contribution in [1.29, 1.82) is 0 Å². The second-order valence-electron chi connectivity index (χ2n) is 7.42. The van der Waals surface area contributed by atoms with Gasteiger partial charge in [-0.1, -0.05) is 52.6 Å². The maximum absolute atomic E-state index is 13.7. The lowest BCUT2D eigenvalue weighted by Gasteiger charge is -2.25. The summed E-state index contributed by atoms with van der Waals surface area (Å²) < 4.78 is 27.4. The van der Waals surface area contributed by atoms with Crippen LogP contribution in [0.2, 0.25) is 10.0 Å². The molecule has 1 heterocycles. The van der Waals surface area contributed by atoms with Gasteiger partial charge < -0.3 is 9.74 Å². The fourth-order valence-corrected chi connectivity index (χ4v) is 3.80. The number of rotatable bonds is 6. The first-order chi connectivity index (χ1) is 15.4. The van der Waals surface area contributed by atoms with Crippen molar-refractivity contribution in [3.05, 3.63) is 105 Å². The van der Waals surface area contributed by atoms with Crippen LogP contribution in [0, 0.1) is 11.6 Å². The number of carbonyl (C=O) groups excluding carboxylic acids is 1. The van der Waals surface area contributed by atoms with E-state index in [2.05, 4.69) is 5.16 Å². The van der Waals surface area contributed by atoms with Gasteiger partial charge in [0, 0.05) is 24.1 Å². The Labute approximate surface area is 194 Å². The van der Waals surface area contributed by atoms with E-state index in [1.807, 2.05) is 0 Å². The lowest BCUT2D eigenvalue weighted by atomic mass is 10.0. The number of hydrogen-bond acceptors (Lipinski definition) is 3. The highest BCUT2D eigenvalue weighted by Gasteiger charge is 2.28. The number of nitrogens with zero attached hydrogens (tertiary/aromatic N) is 2. The average molecular weight is 475 g/mol. The van der Waals surface area contributed by atoms with E-state index in [1.54, 1.807) is 30.3 Å². The van der Waals surface area contributed by atoms with Crippen LogP contribution in [0.5, 0.6) is 0 Å². The van der Waals surface area contributed by atoms with Gasteiger partial charge in [-0.25, -0.2) is 8.78 Å². The molecule has 0 saturated carbocycles. The van der Waals surface area contributed by atoms with E-state index in [0.29, 0.717) is 27.7 Å². The van der Waals surface area contributed by atoms with Crippen LogP contribution in [0.15, 0.2) is 71.9 Å². The quantitative estimate of drug-likeness (QED) is 0.432. The molecule has 3 aromatic rings. The molecule has 0 bridgehead atoms. The van der Waals surface area contributed by atoms with E-state index in [-0.39, 0.29) is 24.6 Å². The summed E-state index contributed by atoms with van der Waals surface area (Å²) in [5.41, 5.74) is 2.26. The molecule has 1 aliphatic rings. The SMILES string of the molecule is O=C(c1cccc(F)c1)N(Cc1cccc(F)c1)C[C@@H]1CC(c2ccc(Cl)c(Cl)c2)=NO1. The van der Waals surface area contributed by atoms with E-state index < -0.39 is 17.7 Å². The minimum absolute atomic E-state index is 0.134. The van der Waals surface area contributed by atoms with Gasteiger partial charge >= 0.3 is 0 Å². The molecule has 0 N–H and O–H groups in total. The zero-order chi connectivity index (χ0) is 22.7. The summed E-state index contributed by atoms with van der Waals surface area (Å²) in [6, 6.07) is 16.6. The summed E-state index contributed by atoms with van der Waals surface area (Å²) >= 11 is 12.1.